The number of rotatable bonds is 4. The minimum Gasteiger partial charge on any atom is -0.337 e. The number of nitrogens with one attached hydrogen (secondary N) is 1. The molecule has 2 amide bonds. The number of carbonyl (C=O) groups excluding carboxylic acids is 1. The van der Waals surface area contributed by atoms with Crippen molar-refractivity contribution in [1.82, 2.24) is 10.2 Å². The van der Waals surface area contributed by atoms with Crippen LogP contribution in [-0.4, -0.2) is 50.1 Å². The number of nitrogens with zero attached hydrogens (tertiary/aromatic N) is 1. The lowest BCUT2D eigenvalue weighted by molar-refractivity contribution is 0.209. The highest BCUT2D eigenvalue weighted by molar-refractivity contribution is 7.92. The molecule has 1 atom stereocenters. The fourth-order valence-corrected chi connectivity index (χ4v) is 4.16. The molecule has 1 N–H and O–H groups in total. The van der Waals surface area contributed by atoms with E-state index in [4.69, 9.17) is 23.2 Å². The Hall–Kier alpha value is -0.980. The lowest BCUT2D eigenvalue weighted by Gasteiger charge is -2.17. The van der Waals surface area contributed by atoms with Gasteiger partial charge in [-0.1, -0.05) is 11.6 Å². The summed E-state index contributed by atoms with van der Waals surface area (Å²) in [6.07, 6.45) is 0.430. The number of carbonyl (C=O) groups is 1. The Bertz CT molecular complexity index is 604. The van der Waals surface area contributed by atoms with Gasteiger partial charge < -0.3 is 10.2 Å². The highest BCUT2D eigenvalue weighted by atomic mass is 35.5. The van der Waals surface area contributed by atoms with Crippen molar-refractivity contribution in [3.8, 4) is 0 Å². The summed E-state index contributed by atoms with van der Waals surface area (Å²) >= 11 is 11.3. The van der Waals surface area contributed by atoms with E-state index < -0.39 is 15.1 Å². The van der Waals surface area contributed by atoms with Crippen molar-refractivity contribution in [2.45, 2.75) is 16.6 Å². The molecule has 0 spiro atoms. The van der Waals surface area contributed by atoms with Crippen LogP contribution in [0.2, 0.25) is 5.02 Å². The minimum atomic E-state index is -3.45. The highest BCUT2D eigenvalue weighted by Crippen LogP contribution is 2.25. The third kappa shape index (κ3) is 3.81. The van der Waals surface area contributed by atoms with Crippen molar-refractivity contribution < 1.29 is 13.2 Å². The molecule has 1 aliphatic heterocycles. The summed E-state index contributed by atoms with van der Waals surface area (Å²) in [5, 5.41) is 2.54. The predicted octanol–water partition coefficient (Wildman–Crippen LogP) is 2.14. The molecule has 5 nitrogen and oxygen atoms in total. The van der Waals surface area contributed by atoms with Crippen molar-refractivity contribution in [2.75, 3.05) is 25.5 Å². The smallest absolute Gasteiger partial charge is 0.317 e. The van der Waals surface area contributed by atoms with Crippen molar-refractivity contribution in [2.24, 2.45) is 0 Å². The van der Waals surface area contributed by atoms with Crippen molar-refractivity contribution in [3.63, 3.8) is 0 Å². The van der Waals surface area contributed by atoms with Gasteiger partial charge in [-0.05, 0) is 30.7 Å². The van der Waals surface area contributed by atoms with Gasteiger partial charge in [-0.25, -0.2) is 13.2 Å². The zero-order chi connectivity index (χ0) is 15.5. The van der Waals surface area contributed by atoms with Crippen LogP contribution in [0.5, 0.6) is 0 Å². The van der Waals surface area contributed by atoms with E-state index in [9.17, 15) is 13.2 Å². The van der Waals surface area contributed by atoms with Gasteiger partial charge in [-0.3, -0.25) is 0 Å². The number of amides is 2. The summed E-state index contributed by atoms with van der Waals surface area (Å²) < 4.78 is 25.0. The third-order valence-electron chi connectivity index (χ3n) is 3.38. The van der Waals surface area contributed by atoms with Crippen LogP contribution in [-0.2, 0) is 9.84 Å². The SMILES string of the molecule is O=C(NCCCl)N1CCC(S(=O)(=O)c2ccc(Cl)cc2)C1. The molecule has 21 heavy (non-hydrogen) atoms. The first-order chi connectivity index (χ1) is 9.95. The van der Waals surface area contributed by atoms with Crippen LogP contribution in [0, 0.1) is 0 Å². The maximum atomic E-state index is 12.5. The molecule has 1 unspecified atom stereocenters. The number of halogens is 2. The molecule has 1 aliphatic rings. The summed E-state index contributed by atoms with van der Waals surface area (Å²) in [6, 6.07) is 5.81. The standard InChI is InChI=1S/C13H16Cl2N2O3S/c14-6-7-16-13(18)17-8-5-12(9-17)21(19,20)11-3-1-10(15)2-4-11/h1-4,12H,5-9H2,(H,16,18). The number of likely N-dealkylation sites (tertiary alicyclic amines) is 1. The normalized spacial score (nSPS) is 18.8. The lowest BCUT2D eigenvalue weighted by atomic mass is 10.4. The molecule has 0 saturated carbocycles. The zero-order valence-electron chi connectivity index (χ0n) is 11.3. The molecule has 1 aromatic carbocycles. The van der Waals surface area contributed by atoms with Gasteiger partial charge in [0, 0.05) is 30.5 Å². The van der Waals surface area contributed by atoms with Crippen LogP contribution in [0.1, 0.15) is 6.42 Å². The maximum absolute atomic E-state index is 12.5. The molecule has 0 aliphatic carbocycles. The first-order valence-electron chi connectivity index (χ1n) is 6.53. The first kappa shape index (κ1) is 16.4. The summed E-state index contributed by atoms with van der Waals surface area (Å²) in [5.74, 6) is 0.325. The summed E-state index contributed by atoms with van der Waals surface area (Å²) in [7, 11) is -3.45. The van der Waals surface area contributed by atoms with Crippen LogP contribution < -0.4 is 5.32 Å². The predicted molar refractivity (Wildman–Crippen MR) is 82.7 cm³/mol. The van der Waals surface area contributed by atoms with Gasteiger partial charge in [0.2, 0.25) is 0 Å². The van der Waals surface area contributed by atoms with Crippen LogP contribution in [0.15, 0.2) is 29.2 Å². The van der Waals surface area contributed by atoms with Crippen molar-refractivity contribution in [3.05, 3.63) is 29.3 Å². The van der Waals surface area contributed by atoms with E-state index in [0.717, 1.165) is 0 Å². The van der Waals surface area contributed by atoms with Gasteiger partial charge in [0.25, 0.3) is 0 Å². The Balaban J connectivity index is 2.06. The number of hydrogen-bond donors (Lipinski definition) is 1. The average molecular weight is 351 g/mol. The second-order valence-electron chi connectivity index (χ2n) is 4.78. The second kappa shape index (κ2) is 6.85. The molecular formula is C13H16Cl2N2O3S. The van der Waals surface area contributed by atoms with Gasteiger partial charge in [-0.2, -0.15) is 0 Å². The Morgan fingerprint density at radius 2 is 2.00 bits per heavy atom. The van der Waals surface area contributed by atoms with Crippen LogP contribution in [0.25, 0.3) is 0 Å². The molecule has 1 heterocycles. The Morgan fingerprint density at radius 3 is 2.62 bits per heavy atom. The van der Waals surface area contributed by atoms with Gasteiger partial charge in [0.1, 0.15) is 0 Å². The molecule has 0 bridgehead atoms. The summed E-state index contributed by atoms with van der Waals surface area (Å²) in [6.45, 7) is 0.982. The summed E-state index contributed by atoms with van der Waals surface area (Å²) in [4.78, 5) is 13.5. The summed E-state index contributed by atoms with van der Waals surface area (Å²) in [5.41, 5.74) is 0. The van der Waals surface area contributed by atoms with Gasteiger partial charge in [0.15, 0.2) is 9.84 Å². The quantitative estimate of drug-likeness (QED) is 0.846. The van der Waals surface area contributed by atoms with E-state index in [0.29, 0.717) is 30.4 Å². The van der Waals surface area contributed by atoms with Crippen LogP contribution in [0.3, 0.4) is 0 Å². The molecule has 0 aromatic heterocycles. The monoisotopic (exact) mass is 350 g/mol. The van der Waals surface area contributed by atoms with Crippen molar-refractivity contribution >= 4 is 39.1 Å². The van der Waals surface area contributed by atoms with Crippen LogP contribution in [0.4, 0.5) is 4.79 Å². The van der Waals surface area contributed by atoms with E-state index >= 15 is 0 Å². The number of hydrogen-bond acceptors (Lipinski definition) is 3. The molecule has 8 heteroatoms. The van der Waals surface area contributed by atoms with E-state index in [-0.39, 0.29) is 17.5 Å². The number of alkyl halides is 1. The Morgan fingerprint density at radius 1 is 1.33 bits per heavy atom. The van der Waals surface area contributed by atoms with E-state index in [1.165, 1.54) is 17.0 Å². The number of sulfone groups is 1. The molecule has 0 radical (unpaired) electrons. The largest absolute Gasteiger partial charge is 0.337 e. The molecular weight excluding hydrogens is 335 g/mol. The van der Waals surface area contributed by atoms with Gasteiger partial charge in [0.05, 0.1) is 10.1 Å². The topological polar surface area (TPSA) is 66.5 Å². The first-order valence-corrected chi connectivity index (χ1v) is 8.99. The lowest BCUT2D eigenvalue weighted by Crippen LogP contribution is -2.40. The third-order valence-corrected chi connectivity index (χ3v) is 6.02. The molecule has 2 rings (SSSR count). The molecule has 1 aromatic rings. The fraction of sp³-hybridized carbons (Fsp3) is 0.462. The fourth-order valence-electron chi connectivity index (χ4n) is 2.25. The maximum Gasteiger partial charge on any atom is 0.317 e. The van der Waals surface area contributed by atoms with E-state index in [2.05, 4.69) is 5.32 Å². The van der Waals surface area contributed by atoms with Gasteiger partial charge in [-0.15, -0.1) is 11.6 Å². The van der Waals surface area contributed by atoms with E-state index in [1.54, 1.807) is 12.1 Å². The van der Waals surface area contributed by atoms with Gasteiger partial charge >= 0.3 is 6.03 Å². The van der Waals surface area contributed by atoms with E-state index in [1.807, 2.05) is 0 Å². The van der Waals surface area contributed by atoms with Crippen molar-refractivity contribution in [1.29, 1.82) is 0 Å². The Kier molecular flexibility index (Phi) is 5.35. The molecule has 116 valence electrons. The van der Waals surface area contributed by atoms with Crippen LogP contribution >= 0.6 is 23.2 Å². The Labute approximate surface area is 134 Å². The zero-order valence-corrected chi connectivity index (χ0v) is 13.6. The molecule has 1 fully saturated rings. The highest BCUT2D eigenvalue weighted by Gasteiger charge is 2.35. The number of benzene rings is 1. The molecule has 1 saturated heterocycles. The minimum absolute atomic E-state index is 0.194. The second-order valence-corrected chi connectivity index (χ2v) is 7.82. The number of urea groups is 1. The average Bonchev–Trinajstić information content (AvgIpc) is 2.96.